The van der Waals surface area contributed by atoms with E-state index >= 15 is 0 Å². The molecule has 0 spiro atoms. The van der Waals surface area contributed by atoms with Crippen molar-refractivity contribution in [2.24, 2.45) is 0 Å². The van der Waals surface area contributed by atoms with Crippen molar-refractivity contribution in [2.45, 2.75) is 18.6 Å². The number of hydrogen-bond acceptors (Lipinski definition) is 6. The zero-order valence-corrected chi connectivity index (χ0v) is 7.49. The van der Waals surface area contributed by atoms with Crippen LogP contribution in [0.1, 0.15) is 12.8 Å². The van der Waals surface area contributed by atoms with Gasteiger partial charge in [0.05, 0.1) is 0 Å². The third-order valence-electron chi connectivity index (χ3n) is 1.84. The summed E-state index contributed by atoms with van der Waals surface area (Å²) in [6, 6.07) is 0. The molecule has 0 aromatic rings. The van der Waals surface area contributed by atoms with Gasteiger partial charge >= 0.3 is 11.9 Å². The standard InChI is InChI=1S/C8H11NO5/c1-2-6(10)13-14-7(11)8(12)4-3-5-9-8/h2,9,12H,1,3-5H2. The van der Waals surface area contributed by atoms with Crippen LogP contribution in [-0.2, 0) is 19.4 Å². The molecule has 1 fully saturated rings. The van der Waals surface area contributed by atoms with Gasteiger partial charge in [0.2, 0.25) is 5.72 Å². The molecule has 6 nitrogen and oxygen atoms in total. The SMILES string of the molecule is C=CC(=O)OOC(=O)C1(O)CCCN1. The fraction of sp³-hybridized carbons (Fsp3) is 0.500. The molecule has 6 heteroatoms. The Morgan fingerprint density at radius 2 is 2.21 bits per heavy atom. The van der Waals surface area contributed by atoms with Gasteiger partial charge in [-0.15, -0.1) is 0 Å². The number of hydrogen-bond donors (Lipinski definition) is 2. The topological polar surface area (TPSA) is 84.9 Å². The molecule has 1 heterocycles. The first kappa shape index (κ1) is 10.7. The predicted octanol–water partition coefficient (Wildman–Crippen LogP) is -0.754. The van der Waals surface area contributed by atoms with Crippen molar-refractivity contribution in [1.29, 1.82) is 0 Å². The quantitative estimate of drug-likeness (QED) is 0.347. The lowest BCUT2D eigenvalue weighted by atomic mass is 10.2. The van der Waals surface area contributed by atoms with Crippen molar-refractivity contribution in [3.8, 4) is 0 Å². The monoisotopic (exact) mass is 201 g/mol. The van der Waals surface area contributed by atoms with E-state index in [1.165, 1.54) is 0 Å². The average molecular weight is 201 g/mol. The zero-order valence-electron chi connectivity index (χ0n) is 7.49. The molecule has 0 amide bonds. The Labute approximate surface area is 80.4 Å². The number of carbonyl (C=O) groups is 2. The van der Waals surface area contributed by atoms with Crippen LogP contribution in [0.25, 0.3) is 0 Å². The lowest BCUT2D eigenvalue weighted by molar-refractivity contribution is -0.268. The molecule has 0 bridgehead atoms. The maximum atomic E-state index is 11.1. The van der Waals surface area contributed by atoms with Gasteiger partial charge < -0.3 is 5.11 Å². The molecule has 1 aliphatic heterocycles. The Balaban J connectivity index is 2.41. The molecule has 78 valence electrons. The first-order chi connectivity index (χ1) is 6.58. The van der Waals surface area contributed by atoms with Gasteiger partial charge in [-0.25, -0.2) is 19.4 Å². The van der Waals surface area contributed by atoms with Gasteiger partial charge in [-0.1, -0.05) is 6.58 Å². The Morgan fingerprint density at radius 1 is 1.50 bits per heavy atom. The summed E-state index contributed by atoms with van der Waals surface area (Å²) in [6.07, 6.45) is 1.73. The second-order valence-electron chi connectivity index (χ2n) is 2.87. The van der Waals surface area contributed by atoms with E-state index in [2.05, 4.69) is 21.7 Å². The normalized spacial score (nSPS) is 25.5. The molecule has 14 heavy (non-hydrogen) atoms. The van der Waals surface area contributed by atoms with Crippen LogP contribution in [-0.4, -0.2) is 29.3 Å². The molecular weight excluding hydrogens is 190 g/mol. The Bertz CT molecular complexity index is 256. The van der Waals surface area contributed by atoms with Gasteiger partial charge in [-0.3, -0.25) is 5.32 Å². The third kappa shape index (κ3) is 2.30. The van der Waals surface area contributed by atoms with Crippen molar-refractivity contribution in [3.63, 3.8) is 0 Å². The van der Waals surface area contributed by atoms with Gasteiger partial charge in [0.25, 0.3) is 0 Å². The van der Waals surface area contributed by atoms with Crippen molar-refractivity contribution >= 4 is 11.9 Å². The van der Waals surface area contributed by atoms with E-state index in [4.69, 9.17) is 0 Å². The van der Waals surface area contributed by atoms with Crippen LogP contribution in [0.5, 0.6) is 0 Å². The molecule has 1 aliphatic rings. The molecule has 2 N–H and O–H groups in total. The van der Waals surface area contributed by atoms with Crippen molar-refractivity contribution in [1.82, 2.24) is 5.32 Å². The highest BCUT2D eigenvalue weighted by molar-refractivity contribution is 5.83. The first-order valence-corrected chi connectivity index (χ1v) is 4.11. The summed E-state index contributed by atoms with van der Waals surface area (Å²) in [5.74, 6) is -1.91. The van der Waals surface area contributed by atoms with E-state index in [9.17, 15) is 14.7 Å². The molecule has 0 aromatic heterocycles. The maximum Gasteiger partial charge on any atom is 0.401 e. The highest BCUT2D eigenvalue weighted by Gasteiger charge is 2.41. The van der Waals surface area contributed by atoms with Gasteiger partial charge in [-0.2, -0.15) is 0 Å². The maximum absolute atomic E-state index is 11.1. The molecule has 0 aromatic carbocycles. The van der Waals surface area contributed by atoms with E-state index in [-0.39, 0.29) is 6.42 Å². The Morgan fingerprint density at radius 3 is 2.71 bits per heavy atom. The predicted molar refractivity (Wildman–Crippen MR) is 44.6 cm³/mol. The smallest absolute Gasteiger partial charge is 0.366 e. The molecule has 1 rings (SSSR count). The fourth-order valence-corrected chi connectivity index (χ4v) is 1.08. The average Bonchev–Trinajstić information content (AvgIpc) is 2.62. The summed E-state index contributed by atoms with van der Waals surface area (Å²) < 4.78 is 0. The van der Waals surface area contributed by atoms with E-state index in [1.54, 1.807) is 0 Å². The molecule has 0 saturated carbocycles. The molecular formula is C8H11NO5. The van der Waals surface area contributed by atoms with E-state index in [1.807, 2.05) is 0 Å². The fourth-order valence-electron chi connectivity index (χ4n) is 1.08. The van der Waals surface area contributed by atoms with Crippen molar-refractivity contribution in [2.75, 3.05) is 6.54 Å². The number of rotatable bonds is 2. The van der Waals surface area contributed by atoms with Gasteiger partial charge in [0.15, 0.2) is 0 Å². The van der Waals surface area contributed by atoms with Crippen LogP contribution in [0.15, 0.2) is 12.7 Å². The number of nitrogens with one attached hydrogen (secondary N) is 1. The summed E-state index contributed by atoms with van der Waals surface area (Å²) in [7, 11) is 0. The van der Waals surface area contributed by atoms with E-state index < -0.39 is 17.7 Å². The largest absolute Gasteiger partial charge is 0.401 e. The van der Waals surface area contributed by atoms with E-state index in [0.29, 0.717) is 13.0 Å². The van der Waals surface area contributed by atoms with Crippen LogP contribution in [0.4, 0.5) is 0 Å². The van der Waals surface area contributed by atoms with Gasteiger partial charge in [0, 0.05) is 12.5 Å². The lowest BCUT2D eigenvalue weighted by Crippen LogP contribution is -2.48. The summed E-state index contributed by atoms with van der Waals surface area (Å²) in [5, 5.41) is 12.1. The summed E-state index contributed by atoms with van der Waals surface area (Å²) in [5.41, 5.74) is -1.73. The first-order valence-electron chi connectivity index (χ1n) is 4.11. The second kappa shape index (κ2) is 4.21. The summed E-state index contributed by atoms with van der Waals surface area (Å²) in [6.45, 7) is 3.62. The van der Waals surface area contributed by atoms with Crippen molar-refractivity contribution in [3.05, 3.63) is 12.7 Å². The third-order valence-corrected chi connectivity index (χ3v) is 1.84. The van der Waals surface area contributed by atoms with Crippen molar-refractivity contribution < 1.29 is 24.5 Å². The zero-order chi connectivity index (χ0) is 10.6. The summed E-state index contributed by atoms with van der Waals surface area (Å²) >= 11 is 0. The lowest BCUT2D eigenvalue weighted by Gasteiger charge is -2.18. The van der Waals surface area contributed by atoms with Crippen LogP contribution in [0.2, 0.25) is 0 Å². The van der Waals surface area contributed by atoms with Crippen LogP contribution < -0.4 is 5.32 Å². The minimum absolute atomic E-state index is 0.234. The minimum atomic E-state index is -1.73. The molecule has 1 saturated heterocycles. The molecule has 0 radical (unpaired) electrons. The Kier molecular flexibility index (Phi) is 3.21. The highest BCUT2D eigenvalue weighted by atomic mass is 17.2. The Hall–Kier alpha value is -1.40. The molecule has 0 aliphatic carbocycles. The number of aliphatic hydroxyl groups is 1. The van der Waals surface area contributed by atoms with Gasteiger partial charge in [-0.05, 0) is 13.0 Å². The van der Waals surface area contributed by atoms with Gasteiger partial charge in [0.1, 0.15) is 0 Å². The van der Waals surface area contributed by atoms with E-state index in [0.717, 1.165) is 6.08 Å². The van der Waals surface area contributed by atoms with Crippen LogP contribution in [0.3, 0.4) is 0 Å². The van der Waals surface area contributed by atoms with Crippen LogP contribution in [0, 0.1) is 0 Å². The highest BCUT2D eigenvalue weighted by Crippen LogP contribution is 2.17. The molecule has 1 atom stereocenters. The molecule has 1 unspecified atom stereocenters. The number of carbonyl (C=O) groups excluding carboxylic acids is 2. The second-order valence-corrected chi connectivity index (χ2v) is 2.87. The van der Waals surface area contributed by atoms with Crippen LogP contribution >= 0.6 is 0 Å². The summed E-state index contributed by atoms with van der Waals surface area (Å²) in [4.78, 5) is 29.8. The minimum Gasteiger partial charge on any atom is -0.366 e.